The smallest absolute Gasteiger partial charge is 0.416 e. The first-order valence-electron chi connectivity index (χ1n) is 9.32. The maximum Gasteiger partial charge on any atom is 0.416 e. The van der Waals surface area contributed by atoms with E-state index in [-0.39, 0.29) is 28.5 Å². The molecule has 6 heteroatoms. The minimum Gasteiger partial charge on any atom is -0.452 e. The third-order valence-corrected chi connectivity index (χ3v) is 4.71. The summed E-state index contributed by atoms with van der Waals surface area (Å²) in [6.07, 6.45) is -1.38. The zero-order valence-electron chi connectivity index (χ0n) is 16.0. The minimum atomic E-state index is -4.49. The Morgan fingerprint density at radius 3 is 1.87 bits per heavy atom. The highest BCUT2D eigenvalue weighted by Crippen LogP contribution is 2.38. The van der Waals surface area contributed by atoms with Crippen molar-refractivity contribution >= 4 is 12.2 Å². The number of furan rings is 1. The van der Waals surface area contributed by atoms with E-state index in [1.165, 1.54) is 30.3 Å². The molecule has 31 heavy (non-hydrogen) atoms. The normalized spacial score (nSPS) is 11.9. The van der Waals surface area contributed by atoms with Gasteiger partial charge in [0.2, 0.25) is 0 Å². The average Bonchev–Trinajstić information content (AvgIpc) is 3.10. The maximum atomic E-state index is 15.3. The van der Waals surface area contributed by atoms with Crippen LogP contribution in [0, 0.1) is 11.6 Å². The molecule has 0 N–H and O–H groups in total. The molecule has 1 aromatic heterocycles. The molecule has 1 nitrogen and oxygen atoms in total. The monoisotopic (exact) mass is 426 g/mol. The van der Waals surface area contributed by atoms with Crippen LogP contribution in [0.3, 0.4) is 0 Å². The van der Waals surface area contributed by atoms with Crippen LogP contribution in [0.15, 0.2) is 83.3 Å². The molecule has 0 atom stereocenters. The molecule has 0 radical (unpaired) electrons. The van der Waals surface area contributed by atoms with Gasteiger partial charge in [-0.15, -0.1) is 0 Å². The Bertz CT molecular complexity index is 1200. The molecule has 4 rings (SSSR count). The second kappa shape index (κ2) is 8.22. The van der Waals surface area contributed by atoms with E-state index in [4.69, 9.17) is 4.42 Å². The van der Waals surface area contributed by atoms with Crippen LogP contribution in [-0.4, -0.2) is 0 Å². The van der Waals surface area contributed by atoms with E-state index in [1.54, 1.807) is 48.5 Å². The van der Waals surface area contributed by atoms with Crippen LogP contribution >= 0.6 is 0 Å². The summed E-state index contributed by atoms with van der Waals surface area (Å²) in [5.74, 6) is -1.00. The van der Waals surface area contributed by atoms with E-state index in [1.807, 2.05) is 0 Å². The summed E-state index contributed by atoms with van der Waals surface area (Å²) >= 11 is 0. The minimum absolute atomic E-state index is 0.144. The number of benzene rings is 3. The highest BCUT2D eigenvalue weighted by Gasteiger charge is 2.30. The molecule has 1 heterocycles. The quantitative estimate of drug-likeness (QED) is 0.301. The van der Waals surface area contributed by atoms with Crippen molar-refractivity contribution in [2.75, 3.05) is 0 Å². The fourth-order valence-electron chi connectivity index (χ4n) is 3.13. The number of halogens is 5. The number of hydrogen-bond donors (Lipinski definition) is 0. The number of alkyl halides is 3. The van der Waals surface area contributed by atoms with Crippen LogP contribution in [0.2, 0.25) is 0 Å². The standard InChI is InChI=1S/C25H15F5O/c26-20-13-6-16(7-14-20)8-15-21-22(27)24(31-23(21)17-4-2-1-3-5-17)18-9-11-19(12-10-18)25(28,29)30/h1-15H/b15-8+. The molecule has 0 fully saturated rings. The molecule has 0 aliphatic carbocycles. The largest absolute Gasteiger partial charge is 0.452 e. The molecule has 4 aromatic rings. The highest BCUT2D eigenvalue weighted by molar-refractivity contribution is 5.81. The summed E-state index contributed by atoms with van der Waals surface area (Å²) in [6.45, 7) is 0. The van der Waals surface area contributed by atoms with E-state index in [9.17, 15) is 17.6 Å². The molecule has 0 saturated carbocycles. The van der Waals surface area contributed by atoms with E-state index in [0.29, 0.717) is 11.1 Å². The van der Waals surface area contributed by atoms with Crippen molar-refractivity contribution in [2.24, 2.45) is 0 Å². The molecule has 0 aliphatic rings. The van der Waals surface area contributed by atoms with Crippen LogP contribution < -0.4 is 0 Å². The summed E-state index contributed by atoms with van der Waals surface area (Å²) in [5, 5.41) is 0. The molecular weight excluding hydrogens is 411 g/mol. The molecule has 0 spiro atoms. The van der Waals surface area contributed by atoms with Gasteiger partial charge in [-0.05, 0) is 35.9 Å². The fourth-order valence-corrected chi connectivity index (χ4v) is 3.13. The lowest BCUT2D eigenvalue weighted by Gasteiger charge is -2.06. The van der Waals surface area contributed by atoms with Gasteiger partial charge in [0.05, 0.1) is 11.1 Å². The predicted octanol–water partition coefficient (Wildman–Crippen LogP) is 8.08. The van der Waals surface area contributed by atoms with Gasteiger partial charge in [0.25, 0.3) is 0 Å². The first kappa shape index (κ1) is 20.6. The summed E-state index contributed by atoms with van der Waals surface area (Å²) in [5.41, 5.74) is 0.757. The van der Waals surface area contributed by atoms with Crippen molar-refractivity contribution in [1.29, 1.82) is 0 Å². The summed E-state index contributed by atoms with van der Waals surface area (Å²) in [6, 6.07) is 18.6. The molecule has 0 amide bonds. The summed E-state index contributed by atoms with van der Waals surface area (Å²) < 4.78 is 72.8. The van der Waals surface area contributed by atoms with Gasteiger partial charge < -0.3 is 4.42 Å². The highest BCUT2D eigenvalue weighted by atomic mass is 19.4. The van der Waals surface area contributed by atoms with Crippen LogP contribution in [0.4, 0.5) is 22.0 Å². The Labute approximate surface area is 175 Å². The van der Waals surface area contributed by atoms with Crippen LogP contribution in [0.1, 0.15) is 16.7 Å². The van der Waals surface area contributed by atoms with Crippen molar-refractivity contribution in [3.05, 3.63) is 107 Å². The van der Waals surface area contributed by atoms with E-state index in [2.05, 4.69) is 0 Å². The van der Waals surface area contributed by atoms with Crippen molar-refractivity contribution in [1.82, 2.24) is 0 Å². The molecule has 3 aromatic carbocycles. The zero-order valence-corrected chi connectivity index (χ0v) is 16.0. The molecular formula is C25H15F5O. The maximum absolute atomic E-state index is 15.3. The molecule has 0 aliphatic heterocycles. The Hall–Kier alpha value is -3.67. The van der Waals surface area contributed by atoms with Gasteiger partial charge in [-0.2, -0.15) is 13.2 Å². The second-order valence-corrected chi connectivity index (χ2v) is 6.81. The molecule has 0 unspecified atom stereocenters. The lowest BCUT2D eigenvalue weighted by atomic mass is 10.0. The van der Waals surface area contributed by atoms with Crippen molar-refractivity contribution in [3.8, 4) is 22.6 Å². The third-order valence-electron chi connectivity index (χ3n) is 4.71. The predicted molar refractivity (Wildman–Crippen MR) is 110 cm³/mol. The van der Waals surface area contributed by atoms with Crippen LogP contribution in [0.5, 0.6) is 0 Å². The van der Waals surface area contributed by atoms with E-state index >= 15 is 4.39 Å². The Morgan fingerprint density at radius 2 is 1.26 bits per heavy atom. The van der Waals surface area contributed by atoms with Crippen molar-refractivity contribution in [2.45, 2.75) is 6.18 Å². The molecule has 0 saturated heterocycles. The van der Waals surface area contributed by atoms with Gasteiger partial charge in [0, 0.05) is 11.1 Å². The van der Waals surface area contributed by atoms with E-state index in [0.717, 1.165) is 12.1 Å². The number of rotatable bonds is 4. The summed E-state index contributed by atoms with van der Waals surface area (Å²) in [4.78, 5) is 0. The third kappa shape index (κ3) is 4.43. The topological polar surface area (TPSA) is 13.1 Å². The Balaban J connectivity index is 1.80. The Kier molecular flexibility index (Phi) is 5.46. The summed E-state index contributed by atoms with van der Waals surface area (Å²) in [7, 11) is 0. The van der Waals surface area contributed by atoms with Crippen LogP contribution in [0.25, 0.3) is 34.8 Å². The van der Waals surface area contributed by atoms with Crippen molar-refractivity contribution < 1.29 is 26.4 Å². The Morgan fingerprint density at radius 1 is 0.645 bits per heavy atom. The van der Waals surface area contributed by atoms with Gasteiger partial charge in [-0.25, -0.2) is 8.78 Å². The van der Waals surface area contributed by atoms with E-state index < -0.39 is 17.6 Å². The average molecular weight is 426 g/mol. The van der Waals surface area contributed by atoms with Gasteiger partial charge in [-0.1, -0.05) is 60.7 Å². The SMILES string of the molecule is Fc1ccc(/C=C/c2c(-c3ccccc3)oc(-c3ccc(C(F)(F)F)cc3)c2F)cc1. The fraction of sp³-hybridized carbons (Fsp3) is 0.0400. The first-order chi connectivity index (χ1) is 14.8. The van der Waals surface area contributed by atoms with Crippen LogP contribution in [-0.2, 0) is 6.18 Å². The lowest BCUT2D eigenvalue weighted by molar-refractivity contribution is -0.137. The molecule has 0 bridgehead atoms. The molecule has 156 valence electrons. The number of hydrogen-bond acceptors (Lipinski definition) is 1. The van der Waals surface area contributed by atoms with Gasteiger partial charge in [0.1, 0.15) is 11.6 Å². The van der Waals surface area contributed by atoms with Crippen molar-refractivity contribution in [3.63, 3.8) is 0 Å². The zero-order chi connectivity index (χ0) is 22.0. The second-order valence-electron chi connectivity index (χ2n) is 6.81. The first-order valence-corrected chi connectivity index (χ1v) is 9.32. The van der Waals surface area contributed by atoms with Gasteiger partial charge >= 0.3 is 6.18 Å². The van der Waals surface area contributed by atoms with Gasteiger partial charge in [-0.3, -0.25) is 0 Å². The van der Waals surface area contributed by atoms with Gasteiger partial charge in [0.15, 0.2) is 11.6 Å². The lowest BCUT2D eigenvalue weighted by Crippen LogP contribution is -2.03.